The van der Waals surface area contributed by atoms with Gasteiger partial charge < -0.3 is 0 Å². The van der Waals surface area contributed by atoms with E-state index in [1.165, 1.54) is 83.5 Å². The molecule has 0 heteroatoms. The quantitative estimate of drug-likeness (QED) is 0.249. The van der Waals surface area contributed by atoms with Crippen molar-refractivity contribution in [2.45, 2.75) is 97.3 Å². The Hall–Kier alpha value is -0.260. The minimum atomic E-state index is 1.30. The molecule has 102 valence electrons. The summed E-state index contributed by atoms with van der Waals surface area (Å²) in [6.07, 6.45) is 22.9. The van der Waals surface area contributed by atoms with Gasteiger partial charge in [-0.15, -0.1) is 0 Å². The lowest BCUT2D eigenvalue weighted by Gasteiger charge is -1.99. The summed E-state index contributed by atoms with van der Waals surface area (Å²) in [4.78, 5) is 0. The normalized spacial score (nSPS) is 11.4. The summed E-state index contributed by atoms with van der Waals surface area (Å²) in [5.41, 5.74) is 0. The summed E-state index contributed by atoms with van der Waals surface area (Å²) in [7, 11) is 0. The zero-order chi connectivity index (χ0) is 12.6. The average molecular weight is 238 g/mol. The van der Waals surface area contributed by atoms with E-state index in [2.05, 4.69) is 26.0 Å². The molecule has 0 aromatic rings. The first-order valence-electron chi connectivity index (χ1n) is 8.06. The molecule has 0 atom stereocenters. The van der Waals surface area contributed by atoms with Crippen molar-refractivity contribution in [2.75, 3.05) is 0 Å². The molecule has 0 nitrogen and oxygen atoms in total. The molecular formula is C17H34. The third-order valence-corrected chi connectivity index (χ3v) is 3.37. The molecule has 0 fully saturated rings. The smallest absolute Gasteiger partial charge is 0.0351 e. The minimum Gasteiger partial charge on any atom is -0.0885 e. The van der Waals surface area contributed by atoms with Crippen molar-refractivity contribution >= 4 is 0 Å². The van der Waals surface area contributed by atoms with Crippen LogP contribution in [-0.4, -0.2) is 0 Å². The minimum absolute atomic E-state index is 1.30. The van der Waals surface area contributed by atoms with E-state index in [1.54, 1.807) is 0 Å². The molecule has 0 bridgehead atoms. The van der Waals surface area contributed by atoms with Crippen LogP contribution in [0.25, 0.3) is 0 Å². The van der Waals surface area contributed by atoms with Gasteiger partial charge in [0.2, 0.25) is 0 Å². The third kappa shape index (κ3) is 15.7. The number of unbranched alkanes of at least 4 members (excludes halogenated alkanes) is 11. The first-order chi connectivity index (χ1) is 8.41. The molecule has 17 heavy (non-hydrogen) atoms. The standard InChI is InChI=1S/C17H34/c1-3-5-7-9-11-13-15-17-16-14-12-10-8-6-4-2/h13,15H,3-12,14,16-17H2,1-2H3. The van der Waals surface area contributed by atoms with E-state index in [1.807, 2.05) is 0 Å². The molecule has 0 aliphatic rings. The summed E-state index contributed by atoms with van der Waals surface area (Å²) in [5.74, 6) is 0. The van der Waals surface area contributed by atoms with Crippen LogP contribution in [0.1, 0.15) is 97.3 Å². The Morgan fingerprint density at radius 1 is 0.471 bits per heavy atom. The van der Waals surface area contributed by atoms with Crippen LogP contribution < -0.4 is 0 Å². The van der Waals surface area contributed by atoms with Crippen molar-refractivity contribution in [3.8, 4) is 0 Å². The van der Waals surface area contributed by atoms with Crippen LogP contribution in [-0.2, 0) is 0 Å². The van der Waals surface area contributed by atoms with Gasteiger partial charge in [-0.25, -0.2) is 0 Å². The molecule has 0 aromatic heterocycles. The number of hydrogen-bond donors (Lipinski definition) is 0. The van der Waals surface area contributed by atoms with Crippen LogP contribution in [0, 0.1) is 0 Å². The van der Waals surface area contributed by atoms with Crippen LogP contribution >= 0.6 is 0 Å². The molecule has 0 saturated carbocycles. The van der Waals surface area contributed by atoms with Gasteiger partial charge in [-0.2, -0.15) is 0 Å². The Kier molecular flexibility index (Phi) is 15.5. The molecular weight excluding hydrogens is 204 g/mol. The van der Waals surface area contributed by atoms with Gasteiger partial charge in [0.25, 0.3) is 0 Å². The lowest BCUT2D eigenvalue weighted by atomic mass is 10.1. The maximum atomic E-state index is 2.40. The SMILES string of the molecule is CCCCCCC=CCCCCCCCCC. The predicted octanol–water partition coefficient (Wildman–Crippen LogP) is 6.65. The number of hydrogen-bond acceptors (Lipinski definition) is 0. The highest BCUT2D eigenvalue weighted by Gasteiger charge is 1.89. The Morgan fingerprint density at radius 3 is 1.29 bits per heavy atom. The highest BCUT2D eigenvalue weighted by Crippen LogP contribution is 2.09. The molecule has 0 unspecified atom stereocenters. The largest absolute Gasteiger partial charge is 0.0885 e. The van der Waals surface area contributed by atoms with Crippen LogP contribution in [0.15, 0.2) is 12.2 Å². The number of allylic oxidation sites excluding steroid dienone is 2. The van der Waals surface area contributed by atoms with Crippen molar-refractivity contribution in [2.24, 2.45) is 0 Å². The summed E-state index contributed by atoms with van der Waals surface area (Å²) in [5, 5.41) is 0. The topological polar surface area (TPSA) is 0 Å². The Morgan fingerprint density at radius 2 is 0.824 bits per heavy atom. The first-order valence-corrected chi connectivity index (χ1v) is 8.06. The maximum absolute atomic E-state index is 2.40. The van der Waals surface area contributed by atoms with Crippen molar-refractivity contribution in [1.82, 2.24) is 0 Å². The van der Waals surface area contributed by atoms with Crippen LogP contribution in [0.2, 0.25) is 0 Å². The summed E-state index contributed by atoms with van der Waals surface area (Å²) >= 11 is 0. The van der Waals surface area contributed by atoms with Crippen molar-refractivity contribution in [3.05, 3.63) is 12.2 Å². The molecule has 0 heterocycles. The zero-order valence-corrected chi connectivity index (χ0v) is 12.3. The van der Waals surface area contributed by atoms with Crippen LogP contribution in [0.4, 0.5) is 0 Å². The second-order valence-electron chi connectivity index (χ2n) is 5.23. The van der Waals surface area contributed by atoms with Gasteiger partial charge >= 0.3 is 0 Å². The fourth-order valence-corrected chi connectivity index (χ4v) is 2.14. The average Bonchev–Trinajstić information content (AvgIpc) is 2.35. The van der Waals surface area contributed by atoms with Gasteiger partial charge in [-0.1, -0.05) is 83.8 Å². The zero-order valence-electron chi connectivity index (χ0n) is 12.3. The van der Waals surface area contributed by atoms with E-state index in [4.69, 9.17) is 0 Å². The number of rotatable bonds is 13. The van der Waals surface area contributed by atoms with Gasteiger partial charge in [0.1, 0.15) is 0 Å². The first kappa shape index (κ1) is 16.7. The molecule has 0 amide bonds. The molecule has 0 N–H and O–H groups in total. The van der Waals surface area contributed by atoms with Crippen molar-refractivity contribution in [3.63, 3.8) is 0 Å². The second kappa shape index (κ2) is 15.7. The van der Waals surface area contributed by atoms with Crippen LogP contribution in [0.5, 0.6) is 0 Å². The Labute approximate surface area is 110 Å². The lowest BCUT2D eigenvalue weighted by Crippen LogP contribution is -1.79. The monoisotopic (exact) mass is 238 g/mol. The van der Waals surface area contributed by atoms with E-state index < -0.39 is 0 Å². The van der Waals surface area contributed by atoms with E-state index in [9.17, 15) is 0 Å². The van der Waals surface area contributed by atoms with Gasteiger partial charge in [0, 0.05) is 0 Å². The molecule has 0 aliphatic heterocycles. The lowest BCUT2D eigenvalue weighted by molar-refractivity contribution is 0.591. The van der Waals surface area contributed by atoms with Gasteiger partial charge in [0.05, 0.1) is 0 Å². The maximum Gasteiger partial charge on any atom is -0.0351 e. The van der Waals surface area contributed by atoms with Crippen molar-refractivity contribution < 1.29 is 0 Å². The fraction of sp³-hybridized carbons (Fsp3) is 0.882. The fourth-order valence-electron chi connectivity index (χ4n) is 2.14. The molecule has 0 aliphatic carbocycles. The Balaban J connectivity index is 2.99. The van der Waals surface area contributed by atoms with Gasteiger partial charge in [-0.05, 0) is 25.7 Å². The predicted molar refractivity (Wildman–Crippen MR) is 80.5 cm³/mol. The van der Waals surface area contributed by atoms with E-state index in [-0.39, 0.29) is 0 Å². The molecule has 0 rings (SSSR count). The summed E-state index contributed by atoms with van der Waals surface area (Å²) in [6, 6.07) is 0. The Bertz CT molecular complexity index is 146. The van der Waals surface area contributed by atoms with Crippen molar-refractivity contribution in [1.29, 1.82) is 0 Å². The molecule has 0 saturated heterocycles. The molecule has 0 spiro atoms. The van der Waals surface area contributed by atoms with E-state index in [0.717, 1.165) is 0 Å². The van der Waals surface area contributed by atoms with Crippen LogP contribution in [0.3, 0.4) is 0 Å². The third-order valence-electron chi connectivity index (χ3n) is 3.37. The van der Waals surface area contributed by atoms with E-state index >= 15 is 0 Å². The van der Waals surface area contributed by atoms with E-state index in [0.29, 0.717) is 0 Å². The molecule has 0 aromatic carbocycles. The second-order valence-corrected chi connectivity index (χ2v) is 5.23. The summed E-state index contributed by atoms with van der Waals surface area (Å²) < 4.78 is 0. The molecule has 0 radical (unpaired) electrons. The highest BCUT2D eigenvalue weighted by molar-refractivity contribution is 4.81. The van der Waals surface area contributed by atoms with Gasteiger partial charge in [0.15, 0.2) is 0 Å². The summed E-state index contributed by atoms with van der Waals surface area (Å²) in [6.45, 7) is 4.56. The highest BCUT2D eigenvalue weighted by atomic mass is 14.0. The van der Waals surface area contributed by atoms with Gasteiger partial charge in [-0.3, -0.25) is 0 Å².